The highest BCUT2D eigenvalue weighted by Gasteiger charge is 2.41. The van der Waals surface area contributed by atoms with E-state index in [1.165, 1.54) is 12.1 Å². The molecule has 1 saturated carbocycles. The van der Waals surface area contributed by atoms with Gasteiger partial charge in [0.05, 0.1) is 11.0 Å². The number of carbonyl (C=O) groups excluding carboxylic acids is 1. The minimum atomic E-state index is -0.478. The minimum Gasteiger partial charge on any atom is -0.345 e. The van der Waals surface area contributed by atoms with Crippen molar-refractivity contribution in [3.63, 3.8) is 0 Å². The number of aryl methyl sites for hydroxylation is 1. The van der Waals surface area contributed by atoms with E-state index in [2.05, 4.69) is 12.2 Å². The van der Waals surface area contributed by atoms with Crippen LogP contribution in [0.1, 0.15) is 40.9 Å². The van der Waals surface area contributed by atoms with E-state index in [0.29, 0.717) is 17.4 Å². The normalized spacial score (nSPS) is 20.2. The first-order valence-electron chi connectivity index (χ1n) is 8.08. The van der Waals surface area contributed by atoms with Crippen LogP contribution >= 0.6 is 0 Å². The van der Waals surface area contributed by atoms with Gasteiger partial charge >= 0.3 is 0 Å². The number of carbonyl (C=O) groups is 1. The van der Waals surface area contributed by atoms with Crippen LogP contribution in [-0.2, 0) is 0 Å². The summed E-state index contributed by atoms with van der Waals surface area (Å²) in [5, 5.41) is 14.1. The first-order valence-corrected chi connectivity index (χ1v) is 8.08. The van der Waals surface area contributed by atoms with E-state index >= 15 is 0 Å². The van der Waals surface area contributed by atoms with E-state index in [9.17, 15) is 14.9 Å². The Hall–Kier alpha value is -2.69. The molecular formula is C19H20N2O3. The van der Waals surface area contributed by atoms with E-state index in [-0.39, 0.29) is 17.6 Å². The molecule has 1 fully saturated rings. The summed E-state index contributed by atoms with van der Waals surface area (Å²) in [6.07, 6.45) is 1.08. The highest BCUT2D eigenvalue weighted by molar-refractivity contribution is 5.96. The SMILES string of the molecule is Cc1ccc([N+](=O)[O-])cc1C(=O)NC(c1ccccc1)C1CC1C. The number of amides is 1. The second-order valence-corrected chi connectivity index (χ2v) is 6.49. The first-order chi connectivity index (χ1) is 11.5. The van der Waals surface area contributed by atoms with Crippen molar-refractivity contribution in [1.29, 1.82) is 0 Å². The maximum Gasteiger partial charge on any atom is 0.270 e. The Bertz CT molecular complexity index is 773. The molecule has 1 N–H and O–H groups in total. The van der Waals surface area contributed by atoms with Gasteiger partial charge in [0.25, 0.3) is 11.6 Å². The molecule has 0 radical (unpaired) electrons. The molecule has 1 aliphatic rings. The van der Waals surface area contributed by atoms with Crippen LogP contribution in [0, 0.1) is 28.9 Å². The molecule has 0 spiro atoms. The van der Waals surface area contributed by atoms with Crippen LogP contribution in [0.15, 0.2) is 48.5 Å². The van der Waals surface area contributed by atoms with Crippen LogP contribution in [-0.4, -0.2) is 10.8 Å². The third-order valence-corrected chi connectivity index (χ3v) is 4.72. The summed E-state index contributed by atoms with van der Waals surface area (Å²) in [7, 11) is 0. The van der Waals surface area contributed by atoms with Crippen molar-refractivity contribution >= 4 is 11.6 Å². The zero-order valence-corrected chi connectivity index (χ0v) is 13.7. The summed E-state index contributed by atoms with van der Waals surface area (Å²) < 4.78 is 0. The maximum absolute atomic E-state index is 12.7. The molecule has 1 amide bonds. The van der Waals surface area contributed by atoms with Crippen molar-refractivity contribution in [1.82, 2.24) is 5.32 Å². The van der Waals surface area contributed by atoms with E-state index in [0.717, 1.165) is 17.5 Å². The molecule has 5 heteroatoms. The molecule has 1 aliphatic carbocycles. The smallest absolute Gasteiger partial charge is 0.270 e. The van der Waals surface area contributed by atoms with Crippen molar-refractivity contribution < 1.29 is 9.72 Å². The van der Waals surface area contributed by atoms with Crippen molar-refractivity contribution in [2.45, 2.75) is 26.3 Å². The lowest BCUT2D eigenvalue weighted by Crippen LogP contribution is -2.30. The third-order valence-electron chi connectivity index (χ3n) is 4.72. The lowest BCUT2D eigenvalue weighted by atomic mass is 9.99. The molecular weight excluding hydrogens is 304 g/mol. The van der Waals surface area contributed by atoms with Crippen LogP contribution in [0.3, 0.4) is 0 Å². The summed E-state index contributed by atoms with van der Waals surface area (Å²) >= 11 is 0. The van der Waals surface area contributed by atoms with Crippen molar-refractivity contribution in [2.24, 2.45) is 11.8 Å². The van der Waals surface area contributed by atoms with Gasteiger partial charge < -0.3 is 5.32 Å². The van der Waals surface area contributed by atoms with Crippen molar-refractivity contribution in [3.05, 3.63) is 75.3 Å². The molecule has 3 unspecified atom stereocenters. The number of rotatable bonds is 5. The number of non-ortho nitro benzene ring substituents is 1. The Morgan fingerprint density at radius 1 is 1.25 bits per heavy atom. The predicted molar refractivity (Wildman–Crippen MR) is 91.8 cm³/mol. The fraction of sp³-hybridized carbons (Fsp3) is 0.316. The Balaban J connectivity index is 1.87. The Kier molecular flexibility index (Phi) is 4.34. The van der Waals surface area contributed by atoms with E-state index in [1.807, 2.05) is 30.3 Å². The quantitative estimate of drug-likeness (QED) is 0.666. The largest absolute Gasteiger partial charge is 0.345 e. The fourth-order valence-electron chi connectivity index (χ4n) is 3.10. The fourth-order valence-corrected chi connectivity index (χ4v) is 3.10. The molecule has 3 atom stereocenters. The van der Waals surface area contributed by atoms with Gasteiger partial charge in [-0.25, -0.2) is 0 Å². The molecule has 124 valence electrons. The lowest BCUT2D eigenvalue weighted by molar-refractivity contribution is -0.384. The summed E-state index contributed by atoms with van der Waals surface area (Å²) in [4.78, 5) is 23.2. The van der Waals surface area contributed by atoms with Gasteiger partial charge in [-0.15, -0.1) is 0 Å². The number of nitro groups is 1. The van der Waals surface area contributed by atoms with Gasteiger partial charge in [0.15, 0.2) is 0 Å². The Morgan fingerprint density at radius 3 is 2.50 bits per heavy atom. The van der Waals surface area contributed by atoms with Gasteiger partial charge in [-0.2, -0.15) is 0 Å². The number of hydrogen-bond donors (Lipinski definition) is 1. The van der Waals surface area contributed by atoms with Gasteiger partial charge in [-0.3, -0.25) is 14.9 Å². The van der Waals surface area contributed by atoms with Crippen LogP contribution in [0.2, 0.25) is 0 Å². The number of benzene rings is 2. The van der Waals surface area contributed by atoms with Crippen LogP contribution in [0.25, 0.3) is 0 Å². The third kappa shape index (κ3) is 3.30. The zero-order chi connectivity index (χ0) is 17.3. The van der Waals surface area contributed by atoms with Gasteiger partial charge in [-0.1, -0.05) is 43.3 Å². The van der Waals surface area contributed by atoms with Crippen molar-refractivity contribution in [2.75, 3.05) is 0 Å². The average Bonchev–Trinajstić information content (AvgIpc) is 3.29. The average molecular weight is 324 g/mol. The second kappa shape index (κ2) is 6.43. The molecule has 0 bridgehead atoms. The molecule has 24 heavy (non-hydrogen) atoms. The molecule has 0 aromatic heterocycles. The highest BCUT2D eigenvalue weighted by atomic mass is 16.6. The lowest BCUT2D eigenvalue weighted by Gasteiger charge is -2.20. The van der Waals surface area contributed by atoms with Crippen LogP contribution in [0.4, 0.5) is 5.69 Å². The van der Waals surface area contributed by atoms with E-state index in [1.54, 1.807) is 13.0 Å². The van der Waals surface area contributed by atoms with E-state index in [4.69, 9.17) is 0 Å². The number of nitro benzene ring substituents is 1. The summed E-state index contributed by atoms with van der Waals surface area (Å²) in [6, 6.07) is 14.2. The molecule has 3 rings (SSSR count). The predicted octanol–water partition coefficient (Wildman–Crippen LogP) is 4.03. The van der Waals surface area contributed by atoms with E-state index < -0.39 is 4.92 Å². The summed E-state index contributed by atoms with van der Waals surface area (Å²) in [5.74, 6) is 0.723. The first kappa shape index (κ1) is 16.2. The topological polar surface area (TPSA) is 72.2 Å². The number of nitrogens with one attached hydrogen (secondary N) is 1. The van der Waals surface area contributed by atoms with Gasteiger partial charge in [-0.05, 0) is 36.3 Å². The monoisotopic (exact) mass is 324 g/mol. The van der Waals surface area contributed by atoms with Crippen LogP contribution < -0.4 is 5.32 Å². The van der Waals surface area contributed by atoms with Crippen molar-refractivity contribution in [3.8, 4) is 0 Å². The minimum absolute atomic E-state index is 0.0626. The maximum atomic E-state index is 12.7. The van der Waals surface area contributed by atoms with Gasteiger partial charge in [0.1, 0.15) is 0 Å². The molecule has 0 aliphatic heterocycles. The molecule has 5 nitrogen and oxygen atoms in total. The number of nitrogens with zero attached hydrogens (tertiary/aromatic N) is 1. The molecule has 2 aromatic carbocycles. The van der Waals surface area contributed by atoms with Gasteiger partial charge in [0, 0.05) is 17.7 Å². The Labute approximate surface area is 140 Å². The number of hydrogen-bond acceptors (Lipinski definition) is 3. The highest BCUT2D eigenvalue weighted by Crippen LogP contribution is 2.47. The molecule has 0 heterocycles. The molecule has 2 aromatic rings. The zero-order valence-electron chi connectivity index (χ0n) is 13.7. The van der Waals surface area contributed by atoms with Gasteiger partial charge in [0.2, 0.25) is 0 Å². The second-order valence-electron chi connectivity index (χ2n) is 6.49. The Morgan fingerprint density at radius 2 is 1.92 bits per heavy atom. The summed E-state index contributed by atoms with van der Waals surface area (Å²) in [5.41, 5.74) is 2.09. The van der Waals surface area contributed by atoms with Crippen LogP contribution in [0.5, 0.6) is 0 Å². The molecule has 0 saturated heterocycles. The standard InChI is InChI=1S/C19H20N2O3/c1-12-8-9-15(21(23)24)11-17(12)19(22)20-18(16-10-13(16)2)14-6-4-3-5-7-14/h3-9,11,13,16,18H,10H2,1-2H3,(H,20,22). The summed E-state index contributed by atoms with van der Waals surface area (Å²) in [6.45, 7) is 3.96.